The summed E-state index contributed by atoms with van der Waals surface area (Å²) in [6.07, 6.45) is 1.93. The van der Waals surface area contributed by atoms with E-state index >= 15 is 0 Å². The van der Waals surface area contributed by atoms with Crippen LogP contribution < -0.4 is 0 Å². The third-order valence-corrected chi connectivity index (χ3v) is 3.57. The first-order valence-corrected chi connectivity index (χ1v) is 6.96. The predicted octanol–water partition coefficient (Wildman–Crippen LogP) is 0.742. The SMILES string of the molecule is CN1CCC(C)(CN(C)C(=O)CCCC(=O)O)C1.O=CO. The molecule has 7 nitrogen and oxygen atoms in total. The van der Waals surface area contributed by atoms with Crippen LogP contribution in [0.15, 0.2) is 0 Å². The fourth-order valence-corrected chi connectivity index (χ4v) is 2.64. The van der Waals surface area contributed by atoms with Crippen molar-refractivity contribution in [2.24, 2.45) is 5.41 Å². The maximum Gasteiger partial charge on any atom is 0.303 e. The quantitative estimate of drug-likeness (QED) is 0.702. The molecule has 122 valence electrons. The van der Waals surface area contributed by atoms with Gasteiger partial charge in [0, 0.05) is 33.0 Å². The molecule has 0 aromatic carbocycles. The predicted molar refractivity (Wildman–Crippen MR) is 78.0 cm³/mol. The van der Waals surface area contributed by atoms with Crippen molar-refractivity contribution in [2.75, 3.05) is 33.7 Å². The molecule has 21 heavy (non-hydrogen) atoms. The minimum atomic E-state index is -0.838. The van der Waals surface area contributed by atoms with Crippen LogP contribution in [-0.4, -0.2) is 72.1 Å². The number of carbonyl (C=O) groups excluding carboxylic acids is 1. The van der Waals surface area contributed by atoms with Crippen molar-refractivity contribution in [1.29, 1.82) is 0 Å². The number of rotatable bonds is 6. The Labute approximate surface area is 125 Å². The van der Waals surface area contributed by atoms with E-state index in [-0.39, 0.29) is 24.2 Å². The van der Waals surface area contributed by atoms with Crippen molar-refractivity contribution in [2.45, 2.75) is 32.6 Å². The van der Waals surface area contributed by atoms with Crippen LogP contribution in [0.4, 0.5) is 0 Å². The average molecular weight is 302 g/mol. The molecular weight excluding hydrogens is 276 g/mol. The number of likely N-dealkylation sites (tertiary alicyclic amines) is 1. The zero-order valence-electron chi connectivity index (χ0n) is 13.0. The molecule has 1 saturated heterocycles. The normalized spacial score (nSPS) is 21.3. The summed E-state index contributed by atoms with van der Waals surface area (Å²) < 4.78 is 0. The highest BCUT2D eigenvalue weighted by Crippen LogP contribution is 2.29. The van der Waals surface area contributed by atoms with Crippen LogP contribution in [0.3, 0.4) is 0 Å². The number of nitrogens with zero attached hydrogens (tertiary/aromatic N) is 2. The van der Waals surface area contributed by atoms with Gasteiger partial charge in [0.05, 0.1) is 0 Å². The molecule has 1 rings (SSSR count). The van der Waals surface area contributed by atoms with Gasteiger partial charge in [-0.3, -0.25) is 14.4 Å². The van der Waals surface area contributed by atoms with Gasteiger partial charge in [-0.05, 0) is 31.8 Å². The van der Waals surface area contributed by atoms with Crippen molar-refractivity contribution in [3.63, 3.8) is 0 Å². The summed E-state index contributed by atoms with van der Waals surface area (Å²) in [5.41, 5.74) is 0.173. The molecule has 0 radical (unpaired) electrons. The van der Waals surface area contributed by atoms with E-state index in [1.807, 2.05) is 7.05 Å². The third-order valence-electron chi connectivity index (χ3n) is 3.57. The highest BCUT2D eigenvalue weighted by Gasteiger charge is 2.33. The summed E-state index contributed by atoms with van der Waals surface area (Å²) in [6, 6.07) is 0. The highest BCUT2D eigenvalue weighted by atomic mass is 16.4. The van der Waals surface area contributed by atoms with E-state index < -0.39 is 5.97 Å². The Bertz CT molecular complexity index is 361. The van der Waals surface area contributed by atoms with E-state index in [2.05, 4.69) is 18.9 Å². The second kappa shape index (κ2) is 9.33. The summed E-state index contributed by atoms with van der Waals surface area (Å²) in [6.45, 7) is 4.80. The van der Waals surface area contributed by atoms with Gasteiger partial charge in [0.1, 0.15) is 0 Å². The third kappa shape index (κ3) is 8.29. The molecule has 1 amide bonds. The maximum atomic E-state index is 11.9. The van der Waals surface area contributed by atoms with Crippen molar-refractivity contribution < 1.29 is 24.6 Å². The van der Waals surface area contributed by atoms with Crippen molar-refractivity contribution >= 4 is 18.3 Å². The molecule has 1 unspecified atom stereocenters. The van der Waals surface area contributed by atoms with Crippen LogP contribution in [0, 0.1) is 5.41 Å². The first kappa shape index (κ1) is 19.4. The van der Waals surface area contributed by atoms with Crippen LogP contribution in [0.2, 0.25) is 0 Å². The molecule has 0 saturated carbocycles. The van der Waals surface area contributed by atoms with Gasteiger partial charge in [-0.25, -0.2) is 0 Å². The Kier molecular flexibility index (Phi) is 8.61. The zero-order chi connectivity index (χ0) is 16.5. The zero-order valence-corrected chi connectivity index (χ0v) is 13.0. The first-order valence-electron chi connectivity index (χ1n) is 6.96. The average Bonchev–Trinajstić information content (AvgIpc) is 2.69. The topological polar surface area (TPSA) is 98.2 Å². The Balaban J connectivity index is 0.00000122. The molecule has 1 fully saturated rings. The second-order valence-corrected chi connectivity index (χ2v) is 5.90. The summed E-state index contributed by atoms with van der Waals surface area (Å²) in [7, 11) is 3.91. The van der Waals surface area contributed by atoms with Gasteiger partial charge in [0.15, 0.2) is 0 Å². The first-order chi connectivity index (χ1) is 9.74. The molecular formula is C14H26N2O5. The number of carbonyl (C=O) groups is 3. The minimum Gasteiger partial charge on any atom is -0.483 e. The van der Waals surface area contributed by atoms with Crippen LogP contribution in [0.1, 0.15) is 32.6 Å². The number of hydrogen-bond acceptors (Lipinski definition) is 4. The van der Waals surface area contributed by atoms with Crippen molar-refractivity contribution in [1.82, 2.24) is 9.80 Å². The van der Waals surface area contributed by atoms with Crippen LogP contribution >= 0.6 is 0 Å². The monoisotopic (exact) mass is 302 g/mol. The van der Waals surface area contributed by atoms with E-state index in [0.29, 0.717) is 12.8 Å². The van der Waals surface area contributed by atoms with Gasteiger partial charge in [0.25, 0.3) is 6.47 Å². The number of carboxylic acids is 1. The van der Waals surface area contributed by atoms with Gasteiger partial charge >= 0.3 is 5.97 Å². The fraction of sp³-hybridized carbons (Fsp3) is 0.786. The highest BCUT2D eigenvalue weighted by molar-refractivity contribution is 5.76. The van der Waals surface area contributed by atoms with Gasteiger partial charge in [-0.1, -0.05) is 6.92 Å². The van der Waals surface area contributed by atoms with Gasteiger partial charge < -0.3 is 20.0 Å². The molecule has 1 aliphatic heterocycles. The Morgan fingerprint density at radius 3 is 2.38 bits per heavy atom. The molecule has 0 aliphatic carbocycles. The molecule has 0 aromatic rings. The van der Waals surface area contributed by atoms with Crippen molar-refractivity contribution in [3.05, 3.63) is 0 Å². The summed E-state index contributed by atoms with van der Waals surface area (Å²) in [4.78, 5) is 34.6. The molecule has 2 N–H and O–H groups in total. The minimum absolute atomic E-state index is 0.0482. The van der Waals surface area contributed by atoms with E-state index in [0.717, 1.165) is 26.1 Å². The van der Waals surface area contributed by atoms with E-state index in [9.17, 15) is 9.59 Å². The lowest BCUT2D eigenvalue weighted by Gasteiger charge is -2.30. The number of aliphatic carboxylic acids is 1. The van der Waals surface area contributed by atoms with Gasteiger partial charge in [-0.2, -0.15) is 0 Å². The van der Waals surface area contributed by atoms with E-state index in [1.165, 1.54) is 0 Å². The number of amides is 1. The molecule has 1 atom stereocenters. The summed E-state index contributed by atoms with van der Waals surface area (Å²) >= 11 is 0. The molecule has 7 heteroatoms. The van der Waals surface area contributed by atoms with E-state index in [1.54, 1.807) is 4.90 Å². The molecule has 0 spiro atoms. The Morgan fingerprint density at radius 1 is 1.38 bits per heavy atom. The molecule has 1 heterocycles. The van der Waals surface area contributed by atoms with Crippen LogP contribution in [0.25, 0.3) is 0 Å². The van der Waals surface area contributed by atoms with Crippen LogP contribution in [0.5, 0.6) is 0 Å². The van der Waals surface area contributed by atoms with E-state index in [4.69, 9.17) is 15.0 Å². The lowest BCUT2D eigenvalue weighted by Crippen LogP contribution is -2.38. The van der Waals surface area contributed by atoms with Crippen molar-refractivity contribution in [3.8, 4) is 0 Å². The molecule has 0 bridgehead atoms. The summed E-state index contributed by atoms with van der Waals surface area (Å²) in [5, 5.41) is 15.4. The molecule has 0 aromatic heterocycles. The second-order valence-electron chi connectivity index (χ2n) is 5.90. The lowest BCUT2D eigenvalue weighted by atomic mass is 9.89. The summed E-state index contributed by atoms with van der Waals surface area (Å²) in [5.74, 6) is -0.790. The smallest absolute Gasteiger partial charge is 0.303 e. The van der Waals surface area contributed by atoms with Gasteiger partial charge in [-0.15, -0.1) is 0 Å². The fourth-order valence-electron chi connectivity index (χ4n) is 2.64. The standard InChI is InChI=1S/C13H24N2O3.CH2O2/c1-13(7-8-14(2)9-13)10-15(3)11(16)5-4-6-12(17)18;2-1-3/h4-10H2,1-3H3,(H,17,18);1H,(H,2,3). The lowest BCUT2D eigenvalue weighted by molar-refractivity contribution is -0.137. The molecule has 1 aliphatic rings. The van der Waals surface area contributed by atoms with Gasteiger partial charge in [0.2, 0.25) is 5.91 Å². The number of carboxylic acid groups (broad SMARTS) is 2. The largest absolute Gasteiger partial charge is 0.483 e. The number of hydrogen-bond donors (Lipinski definition) is 2. The maximum absolute atomic E-state index is 11.9. The Morgan fingerprint density at radius 2 is 1.95 bits per heavy atom. The van der Waals surface area contributed by atoms with Crippen LogP contribution in [-0.2, 0) is 14.4 Å². The Hall–Kier alpha value is -1.63.